The summed E-state index contributed by atoms with van der Waals surface area (Å²) in [6, 6.07) is 0. The molecule has 0 aliphatic carbocycles. The average Bonchev–Trinajstić information content (AvgIpc) is 2.16. The third-order valence-electron chi connectivity index (χ3n) is 1.05. The van der Waals surface area contributed by atoms with Crippen LogP contribution in [0.25, 0.3) is 0 Å². The summed E-state index contributed by atoms with van der Waals surface area (Å²) in [6.07, 6.45) is -5.44. The summed E-state index contributed by atoms with van der Waals surface area (Å²) >= 11 is 0. The van der Waals surface area contributed by atoms with Crippen LogP contribution in [0.2, 0.25) is 0 Å². The van der Waals surface area contributed by atoms with Gasteiger partial charge in [0, 0.05) is 0 Å². The molecule has 4 N–H and O–H groups in total. The minimum Gasteiger partial charge on any atom is -0.547 e. The minimum absolute atomic E-state index is 0. The van der Waals surface area contributed by atoms with Crippen LogP contribution >= 0.6 is 0 Å². The number of carboxylic acid groups (broad SMARTS) is 2. The molecule has 0 aliphatic rings. The van der Waals surface area contributed by atoms with Crippen molar-refractivity contribution in [2.75, 3.05) is 6.61 Å². The Hall–Kier alpha value is 0.780. The van der Waals surface area contributed by atoms with Crippen molar-refractivity contribution < 1.29 is 99.3 Å². The summed E-state index contributed by atoms with van der Waals surface area (Å²) in [4.78, 5) is 19.3. The summed E-state index contributed by atoms with van der Waals surface area (Å²) in [6.45, 7) is 1.39. The molecule has 0 saturated carbocycles. The minimum atomic E-state index is -2.44. The molecule has 0 aromatic heterocycles. The number of aliphatic hydroxyl groups excluding tert-OH is 4. The van der Waals surface area contributed by atoms with E-state index in [-0.39, 0.29) is 65.7 Å². The van der Waals surface area contributed by atoms with E-state index in [0.717, 1.165) is 0 Å². The molecule has 0 aromatic rings. The van der Waals surface area contributed by atoms with Crippen molar-refractivity contribution in [2.45, 2.75) is 25.2 Å². The maximum atomic E-state index is 9.63. The topological polar surface area (TPSA) is 161 Å². The first-order chi connectivity index (χ1) is 6.73. The van der Waals surface area contributed by atoms with E-state index in [9.17, 15) is 19.8 Å². The number of carboxylic acids is 2. The van der Waals surface area contributed by atoms with Gasteiger partial charge in [-0.05, 0) is 6.92 Å². The maximum Gasteiger partial charge on any atom is 1.00 e. The zero-order valence-corrected chi connectivity index (χ0v) is 13.9. The Balaban J connectivity index is -0.000000105. The van der Waals surface area contributed by atoms with Crippen LogP contribution in [-0.2, 0) is 9.59 Å². The standard InChI is InChI=1S/C4H6O6.C3H8O2.2Na/c5-1(3(7)8)2(6)4(9)10;1-3(5)2-4;;/h1-2,5-6H,(H,7,8)(H,9,10);3-5H,2H2,1H3;;/q;;2*+1/p-2. The summed E-state index contributed by atoms with van der Waals surface area (Å²) < 4.78 is 0. The molecule has 0 spiro atoms. The largest absolute Gasteiger partial charge is 1.00 e. The number of hydrogen-bond donors (Lipinski definition) is 4. The van der Waals surface area contributed by atoms with Crippen molar-refractivity contribution in [2.24, 2.45) is 0 Å². The van der Waals surface area contributed by atoms with E-state index >= 15 is 0 Å². The van der Waals surface area contributed by atoms with Gasteiger partial charge in [-0.15, -0.1) is 0 Å². The van der Waals surface area contributed by atoms with Crippen LogP contribution < -0.4 is 69.3 Å². The molecule has 3 atom stereocenters. The molecule has 0 rings (SSSR count). The molecule has 10 heteroatoms. The Kier molecular flexibility index (Phi) is 23.0. The van der Waals surface area contributed by atoms with Crippen LogP contribution in [-0.4, -0.2) is 57.3 Å². The Labute approximate surface area is 142 Å². The number of rotatable bonds is 4. The summed E-state index contributed by atoms with van der Waals surface area (Å²) in [7, 11) is 0. The third kappa shape index (κ3) is 16.8. The molecule has 17 heavy (non-hydrogen) atoms. The summed E-state index contributed by atoms with van der Waals surface area (Å²) in [5.74, 6) is -4.12. The van der Waals surface area contributed by atoms with E-state index < -0.39 is 30.3 Å². The Morgan fingerprint density at radius 3 is 1.24 bits per heavy atom. The molecule has 0 radical (unpaired) electrons. The molecule has 0 aliphatic heterocycles. The van der Waals surface area contributed by atoms with Gasteiger partial charge in [-0.1, -0.05) is 0 Å². The van der Waals surface area contributed by atoms with Gasteiger partial charge in [0.1, 0.15) is 12.2 Å². The Morgan fingerprint density at radius 1 is 1.00 bits per heavy atom. The average molecular weight is 270 g/mol. The van der Waals surface area contributed by atoms with Gasteiger partial charge in [-0.3, -0.25) is 0 Å². The van der Waals surface area contributed by atoms with Crippen LogP contribution in [0.4, 0.5) is 0 Å². The van der Waals surface area contributed by atoms with Gasteiger partial charge in [-0.2, -0.15) is 0 Å². The summed E-state index contributed by atoms with van der Waals surface area (Å²) in [5.41, 5.74) is 0. The number of hydrogen-bond acceptors (Lipinski definition) is 8. The maximum absolute atomic E-state index is 9.63. The molecule has 8 nitrogen and oxygen atoms in total. The van der Waals surface area contributed by atoms with E-state index in [0.29, 0.717) is 0 Å². The van der Waals surface area contributed by atoms with Crippen LogP contribution in [0.5, 0.6) is 0 Å². The second kappa shape index (κ2) is 14.8. The fourth-order valence-electron chi connectivity index (χ4n) is 0.258. The van der Waals surface area contributed by atoms with E-state index in [2.05, 4.69) is 0 Å². The van der Waals surface area contributed by atoms with Gasteiger partial charge < -0.3 is 40.2 Å². The van der Waals surface area contributed by atoms with Gasteiger partial charge in [-0.25, -0.2) is 0 Å². The van der Waals surface area contributed by atoms with Gasteiger partial charge in [0.2, 0.25) is 0 Å². The van der Waals surface area contributed by atoms with Crippen LogP contribution in [0.1, 0.15) is 6.92 Å². The van der Waals surface area contributed by atoms with E-state index in [1.165, 1.54) is 6.92 Å². The van der Waals surface area contributed by atoms with Crippen molar-refractivity contribution >= 4 is 11.9 Å². The van der Waals surface area contributed by atoms with Crippen molar-refractivity contribution in [3.8, 4) is 0 Å². The predicted octanol–water partition coefficient (Wildman–Crippen LogP) is -11.4. The number of carbonyl (C=O) groups excluding carboxylic acids is 2. The Morgan fingerprint density at radius 2 is 1.18 bits per heavy atom. The van der Waals surface area contributed by atoms with Crippen LogP contribution in [0.15, 0.2) is 0 Å². The fraction of sp³-hybridized carbons (Fsp3) is 0.714. The molecule has 0 bridgehead atoms. The van der Waals surface area contributed by atoms with Gasteiger partial charge in [0.05, 0.1) is 24.6 Å². The third-order valence-corrected chi connectivity index (χ3v) is 1.05. The molecular weight excluding hydrogens is 258 g/mol. The normalized spacial score (nSPS) is 13.7. The molecule has 0 saturated heterocycles. The Bertz CT molecular complexity index is 192. The van der Waals surface area contributed by atoms with Crippen molar-refractivity contribution in [3.63, 3.8) is 0 Å². The van der Waals surface area contributed by atoms with Crippen LogP contribution in [0.3, 0.4) is 0 Å². The molecule has 90 valence electrons. The second-order valence-corrected chi connectivity index (χ2v) is 2.56. The first-order valence-corrected chi connectivity index (χ1v) is 3.80. The first kappa shape index (κ1) is 26.4. The van der Waals surface area contributed by atoms with E-state index in [1.54, 1.807) is 0 Å². The summed E-state index contributed by atoms with van der Waals surface area (Å²) in [5, 5.41) is 51.7. The van der Waals surface area contributed by atoms with E-state index in [4.69, 9.17) is 20.4 Å². The van der Waals surface area contributed by atoms with Gasteiger partial charge in [0.15, 0.2) is 0 Å². The van der Waals surface area contributed by atoms with Crippen molar-refractivity contribution in [3.05, 3.63) is 0 Å². The molecule has 0 aromatic carbocycles. The molecule has 0 fully saturated rings. The van der Waals surface area contributed by atoms with E-state index in [1.807, 2.05) is 0 Å². The zero-order valence-electron chi connectivity index (χ0n) is 9.86. The number of aliphatic carboxylic acids is 2. The van der Waals surface area contributed by atoms with Gasteiger partial charge in [0.25, 0.3) is 0 Å². The molecule has 3 unspecified atom stereocenters. The van der Waals surface area contributed by atoms with Crippen molar-refractivity contribution in [1.82, 2.24) is 0 Å². The zero-order chi connectivity index (χ0) is 12.6. The smallest absolute Gasteiger partial charge is 0.547 e. The molecule has 0 heterocycles. The number of aliphatic hydroxyl groups is 4. The SMILES string of the molecule is CC(O)CO.O=C([O-])C(O)C(O)C(=O)[O-].[Na+].[Na+]. The quantitative estimate of drug-likeness (QED) is 0.366. The van der Waals surface area contributed by atoms with Gasteiger partial charge >= 0.3 is 59.1 Å². The molecular formula is C7H12Na2O8. The fourth-order valence-corrected chi connectivity index (χ4v) is 0.258. The monoisotopic (exact) mass is 270 g/mol. The first-order valence-electron chi connectivity index (χ1n) is 3.80. The predicted molar refractivity (Wildman–Crippen MR) is 40.8 cm³/mol. The molecule has 0 amide bonds. The van der Waals surface area contributed by atoms with Crippen molar-refractivity contribution in [1.29, 1.82) is 0 Å². The van der Waals surface area contributed by atoms with Crippen LogP contribution in [0, 0.1) is 0 Å². The second-order valence-electron chi connectivity index (χ2n) is 2.56. The number of carbonyl (C=O) groups is 2.